The molecule has 0 amide bonds. The quantitative estimate of drug-likeness (QED) is 0.212. The van der Waals surface area contributed by atoms with Crippen LogP contribution in [0.2, 0.25) is 0 Å². The third-order valence-corrected chi connectivity index (χ3v) is 10.8. The molecule has 5 aliphatic rings. The lowest BCUT2D eigenvalue weighted by atomic mass is 9.77. The zero-order valence-corrected chi connectivity index (χ0v) is 25.4. The molecule has 0 radical (unpaired) electrons. The van der Waals surface area contributed by atoms with Crippen molar-refractivity contribution in [2.75, 3.05) is 0 Å². The molecule has 4 aromatic carbocycles. The molecule has 5 aromatic rings. The van der Waals surface area contributed by atoms with Gasteiger partial charge in [-0.05, 0) is 106 Å². The number of nitrogens with one attached hydrogen (secondary N) is 1. The van der Waals surface area contributed by atoms with Crippen molar-refractivity contribution in [1.82, 2.24) is 14.9 Å². The van der Waals surface area contributed by atoms with Gasteiger partial charge in [0.1, 0.15) is 12.0 Å². The molecule has 0 bridgehead atoms. The Labute approximate surface area is 263 Å². The smallest absolute Gasteiger partial charge is 0.141 e. The Balaban J connectivity index is 1.23. The summed E-state index contributed by atoms with van der Waals surface area (Å²) >= 11 is 0. The van der Waals surface area contributed by atoms with Crippen molar-refractivity contribution >= 4 is 50.3 Å². The summed E-state index contributed by atoms with van der Waals surface area (Å²) in [7, 11) is 0. The van der Waals surface area contributed by atoms with Gasteiger partial charge in [-0.25, -0.2) is 4.98 Å². The average molecular weight is 582 g/mol. The summed E-state index contributed by atoms with van der Waals surface area (Å²) in [5.41, 5.74) is 10.7. The Morgan fingerprint density at radius 1 is 0.756 bits per heavy atom. The van der Waals surface area contributed by atoms with Gasteiger partial charge in [0.05, 0.1) is 11.0 Å². The molecule has 2 heterocycles. The van der Waals surface area contributed by atoms with Crippen LogP contribution >= 0.6 is 0 Å². The molecule has 1 aromatic heterocycles. The minimum Gasteiger partial charge on any atom is -0.361 e. The van der Waals surface area contributed by atoms with Crippen LogP contribution in [-0.2, 0) is 0 Å². The molecule has 2 atom stereocenters. The number of fused-ring (bicyclic) bond motifs is 11. The average Bonchev–Trinajstić information content (AvgIpc) is 3.52. The topological polar surface area (TPSA) is 29.9 Å². The van der Waals surface area contributed by atoms with Gasteiger partial charge in [0, 0.05) is 22.0 Å². The highest BCUT2D eigenvalue weighted by atomic mass is 15.2. The summed E-state index contributed by atoms with van der Waals surface area (Å²) in [6.45, 7) is 0. The lowest BCUT2D eigenvalue weighted by molar-refractivity contribution is 0.508. The zero-order chi connectivity index (χ0) is 29.5. The molecular formula is C42H35N3. The number of aromatic nitrogens is 2. The normalized spacial score (nSPS) is 21.9. The Hall–Kier alpha value is -4.89. The highest BCUT2D eigenvalue weighted by Crippen LogP contribution is 2.45. The molecule has 0 saturated heterocycles. The summed E-state index contributed by atoms with van der Waals surface area (Å²) in [6, 6.07) is 24.8. The van der Waals surface area contributed by atoms with Crippen molar-refractivity contribution in [3.8, 4) is 0 Å². The summed E-state index contributed by atoms with van der Waals surface area (Å²) in [5.74, 6) is 1.81. The fourth-order valence-corrected chi connectivity index (χ4v) is 8.58. The van der Waals surface area contributed by atoms with Gasteiger partial charge in [0.25, 0.3) is 0 Å². The molecule has 2 unspecified atom stereocenters. The van der Waals surface area contributed by atoms with Crippen LogP contribution < -0.4 is 15.8 Å². The molecule has 0 spiro atoms. The van der Waals surface area contributed by atoms with E-state index in [1.807, 2.05) is 0 Å². The number of rotatable bonds is 2. The zero-order valence-electron chi connectivity index (χ0n) is 25.4. The summed E-state index contributed by atoms with van der Waals surface area (Å²) in [4.78, 5) is 5.56. The van der Waals surface area contributed by atoms with Gasteiger partial charge in [0.2, 0.25) is 0 Å². The first kappa shape index (κ1) is 25.4. The summed E-state index contributed by atoms with van der Waals surface area (Å²) < 4.78 is 2.53. The van der Waals surface area contributed by atoms with Crippen molar-refractivity contribution in [3.05, 3.63) is 141 Å². The SMILES string of the molecule is C1=CCC2CCC(C3=CC4=C(CC3)c3nc5c6ccccc6c6ccccc6c5n3C(c3ccc5c(c3)=CCCC=5)N4)=CC2=C1. The number of imidazole rings is 1. The van der Waals surface area contributed by atoms with E-state index in [2.05, 4.69) is 119 Å². The standard InChI is InChI=1S/C42H35N3/c1-3-11-28-23-30(19-17-26(28)9-1)31-21-22-37-38(25-31)43-41(32-20-18-27-10-2-4-12-29(27)24-32)45-40-36-16-8-6-14-34(36)33-13-5-7-15-35(33)39(40)44-42(37)45/h1,3,5-8,10-16,18,20,23-26,41,43H,2,4,9,17,19,21-22H2. The van der Waals surface area contributed by atoms with E-state index in [0.717, 1.165) is 37.0 Å². The second-order valence-electron chi connectivity index (χ2n) is 13.3. The molecule has 10 rings (SSSR count). The second kappa shape index (κ2) is 9.81. The number of allylic oxidation sites excluding steroid dienone is 9. The maximum Gasteiger partial charge on any atom is 0.141 e. The first-order valence-corrected chi connectivity index (χ1v) is 16.7. The van der Waals surface area contributed by atoms with E-state index in [-0.39, 0.29) is 6.17 Å². The van der Waals surface area contributed by atoms with E-state index in [9.17, 15) is 0 Å². The van der Waals surface area contributed by atoms with Crippen LogP contribution in [0.1, 0.15) is 62.5 Å². The van der Waals surface area contributed by atoms with Gasteiger partial charge in [-0.3, -0.25) is 4.57 Å². The van der Waals surface area contributed by atoms with Crippen molar-refractivity contribution in [1.29, 1.82) is 0 Å². The van der Waals surface area contributed by atoms with E-state index in [1.54, 1.807) is 0 Å². The molecule has 45 heavy (non-hydrogen) atoms. The van der Waals surface area contributed by atoms with Crippen molar-refractivity contribution in [2.24, 2.45) is 5.92 Å². The highest BCUT2D eigenvalue weighted by Gasteiger charge is 2.33. The van der Waals surface area contributed by atoms with Gasteiger partial charge in [0.15, 0.2) is 0 Å². The van der Waals surface area contributed by atoms with Crippen LogP contribution in [0.3, 0.4) is 0 Å². The largest absolute Gasteiger partial charge is 0.361 e. The lowest BCUT2D eigenvalue weighted by Crippen LogP contribution is -2.36. The van der Waals surface area contributed by atoms with Crippen molar-refractivity contribution in [2.45, 2.75) is 51.1 Å². The van der Waals surface area contributed by atoms with Gasteiger partial charge < -0.3 is 5.32 Å². The molecule has 1 N–H and O–H groups in total. The van der Waals surface area contributed by atoms with E-state index in [4.69, 9.17) is 4.98 Å². The highest BCUT2D eigenvalue weighted by molar-refractivity contribution is 6.23. The first-order valence-electron chi connectivity index (χ1n) is 16.7. The fourth-order valence-electron chi connectivity index (χ4n) is 8.58. The molecule has 218 valence electrons. The molecule has 0 fully saturated rings. The maximum absolute atomic E-state index is 5.56. The van der Waals surface area contributed by atoms with Crippen LogP contribution in [0.4, 0.5) is 0 Å². The van der Waals surface area contributed by atoms with Crippen molar-refractivity contribution < 1.29 is 0 Å². The van der Waals surface area contributed by atoms with E-state index in [1.165, 1.54) is 90.3 Å². The summed E-state index contributed by atoms with van der Waals surface area (Å²) in [6.07, 6.45) is 24.5. The number of benzene rings is 4. The fraction of sp³-hybridized carbons (Fsp3) is 0.214. The maximum atomic E-state index is 5.56. The van der Waals surface area contributed by atoms with Gasteiger partial charge >= 0.3 is 0 Å². The van der Waals surface area contributed by atoms with Gasteiger partial charge in [-0.15, -0.1) is 0 Å². The Morgan fingerprint density at radius 3 is 2.42 bits per heavy atom. The first-order chi connectivity index (χ1) is 22.3. The molecule has 4 aliphatic carbocycles. The van der Waals surface area contributed by atoms with Crippen LogP contribution in [0.25, 0.3) is 50.3 Å². The Morgan fingerprint density at radius 2 is 1.53 bits per heavy atom. The molecule has 3 nitrogen and oxygen atoms in total. The lowest BCUT2D eigenvalue weighted by Gasteiger charge is -2.35. The van der Waals surface area contributed by atoms with Crippen molar-refractivity contribution in [3.63, 3.8) is 0 Å². The van der Waals surface area contributed by atoms with Crippen LogP contribution in [0.5, 0.6) is 0 Å². The van der Waals surface area contributed by atoms with Crippen LogP contribution in [0, 0.1) is 5.92 Å². The predicted molar refractivity (Wildman–Crippen MR) is 187 cm³/mol. The summed E-state index contributed by atoms with van der Waals surface area (Å²) in [5, 5.41) is 11.8. The van der Waals surface area contributed by atoms with E-state index in [0.29, 0.717) is 5.92 Å². The third-order valence-electron chi connectivity index (χ3n) is 10.8. The Kier molecular flexibility index (Phi) is 5.54. The molecule has 3 heteroatoms. The molecular weight excluding hydrogens is 546 g/mol. The van der Waals surface area contributed by atoms with Crippen LogP contribution in [-0.4, -0.2) is 9.55 Å². The van der Waals surface area contributed by atoms with Gasteiger partial charge in [-0.1, -0.05) is 97.1 Å². The number of hydrogen-bond acceptors (Lipinski definition) is 2. The number of hydrogen-bond donors (Lipinski definition) is 1. The third kappa shape index (κ3) is 3.86. The second-order valence-corrected chi connectivity index (χ2v) is 13.3. The predicted octanol–water partition coefficient (Wildman–Crippen LogP) is 8.50. The van der Waals surface area contributed by atoms with E-state index >= 15 is 0 Å². The number of nitrogens with zero attached hydrogens (tertiary/aromatic N) is 2. The minimum absolute atomic E-state index is 0.0551. The minimum atomic E-state index is -0.0551. The monoisotopic (exact) mass is 581 g/mol. The van der Waals surface area contributed by atoms with E-state index < -0.39 is 0 Å². The van der Waals surface area contributed by atoms with Crippen LogP contribution in [0.15, 0.2) is 120 Å². The Bertz CT molecular complexity index is 2390. The molecule has 0 saturated carbocycles. The van der Waals surface area contributed by atoms with Gasteiger partial charge in [-0.2, -0.15) is 0 Å². The molecule has 1 aliphatic heterocycles.